The molecule has 1 aliphatic rings. The quantitative estimate of drug-likeness (QED) is 0.914. The van der Waals surface area contributed by atoms with E-state index in [4.69, 9.17) is 4.74 Å². The molecule has 1 saturated heterocycles. The van der Waals surface area contributed by atoms with Gasteiger partial charge in [-0.2, -0.15) is 0 Å². The maximum Gasteiger partial charge on any atom is 0.253 e. The SMILES string of the molecule is COc1ccc(C(=O)N2CCC[C@@H](C(=O)Nc3ccccc3)C2)cc1F. The third kappa shape index (κ3) is 4.02. The first-order valence-electron chi connectivity index (χ1n) is 8.57. The third-order valence-corrected chi connectivity index (χ3v) is 4.52. The van der Waals surface area contributed by atoms with Crippen molar-refractivity contribution in [1.82, 2.24) is 4.90 Å². The molecule has 0 aliphatic carbocycles. The summed E-state index contributed by atoms with van der Waals surface area (Å²) in [5.41, 5.74) is 0.991. The summed E-state index contributed by atoms with van der Waals surface area (Å²) < 4.78 is 18.7. The average Bonchev–Trinajstić information content (AvgIpc) is 2.68. The summed E-state index contributed by atoms with van der Waals surface area (Å²) in [6.07, 6.45) is 1.46. The number of carbonyl (C=O) groups excluding carboxylic acids is 2. The molecular weight excluding hydrogens is 335 g/mol. The van der Waals surface area contributed by atoms with E-state index in [1.165, 1.54) is 25.3 Å². The number of ether oxygens (including phenoxy) is 1. The van der Waals surface area contributed by atoms with E-state index in [0.29, 0.717) is 13.1 Å². The van der Waals surface area contributed by atoms with E-state index in [1.54, 1.807) is 4.90 Å². The molecule has 0 bridgehead atoms. The molecule has 5 nitrogen and oxygen atoms in total. The molecule has 0 aromatic heterocycles. The first kappa shape index (κ1) is 17.9. The second-order valence-corrected chi connectivity index (χ2v) is 6.29. The Balaban J connectivity index is 1.66. The number of carbonyl (C=O) groups is 2. The number of piperidine rings is 1. The second kappa shape index (κ2) is 7.99. The van der Waals surface area contributed by atoms with Gasteiger partial charge in [-0.25, -0.2) is 4.39 Å². The van der Waals surface area contributed by atoms with Crippen molar-refractivity contribution >= 4 is 17.5 Å². The predicted molar refractivity (Wildman–Crippen MR) is 96.7 cm³/mol. The standard InChI is InChI=1S/C20H21FN2O3/c1-26-18-10-9-14(12-17(18)21)20(25)23-11-5-6-15(13-23)19(24)22-16-7-3-2-4-8-16/h2-4,7-10,12,15H,5-6,11,13H2,1H3,(H,22,24)/t15-/m1/s1. The predicted octanol–water partition coefficient (Wildman–Crippen LogP) is 3.33. The molecule has 1 atom stereocenters. The highest BCUT2D eigenvalue weighted by Gasteiger charge is 2.29. The zero-order valence-corrected chi connectivity index (χ0v) is 14.6. The summed E-state index contributed by atoms with van der Waals surface area (Å²) in [7, 11) is 1.38. The molecule has 1 N–H and O–H groups in total. The number of nitrogens with zero attached hydrogens (tertiary/aromatic N) is 1. The summed E-state index contributed by atoms with van der Waals surface area (Å²) in [4.78, 5) is 26.8. The van der Waals surface area contributed by atoms with Crippen molar-refractivity contribution < 1.29 is 18.7 Å². The summed E-state index contributed by atoms with van der Waals surface area (Å²) in [5, 5.41) is 2.88. The molecule has 6 heteroatoms. The first-order chi connectivity index (χ1) is 12.6. The molecule has 2 aromatic rings. The van der Waals surface area contributed by atoms with Crippen LogP contribution in [0.5, 0.6) is 5.75 Å². The van der Waals surface area contributed by atoms with Gasteiger partial charge >= 0.3 is 0 Å². The Morgan fingerprint density at radius 2 is 1.96 bits per heavy atom. The van der Waals surface area contributed by atoms with E-state index in [2.05, 4.69) is 5.32 Å². The highest BCUT2D eigenvalue weighted by Crippen LogP contribution is 2.23. The van der Waals surface area contributed by atoms with E-state index < -0.39 is 5.82 Å². The van der Waals surface area contributed by atoms with Gasteiger partial charge in [0.1, 0.15) is 0 Å². The van der Waals surface area contributed by atoms with Crippen LogP contribution in [-0.4, -0.2) is 36.9 Å². The number of para-hydroxylation sites is 1. The smallest absolute Gasteiger partial charge is 0.253 e. The van der Waals surface area contributed by atoms with Gasteiger partial charge in [-0.15, -0.1) is 0 Å². The van der Waals surface area contributed by atoms with Crippen LogP contribution >= 0.6 is 0 Å². The van der Waals surface area contributed by atoms with Crippen LogP contribution in [0.3, 0.4) is 0 Å². The van der Waals surface area contributed by atoms with Gasteiger partial charge in [-0.05, 0) is 43.2 Å². The molecule has 1 aliphatic heterocycles. The lowest BCUT2D eigenvalue weighted by Crippen LogP contribution is -2.43. The minimum absolute atomic E-state index is 0.0975. The molecule has 0 spiro atoms. The van der Waals surface area contributed by atoms with E-state index in [-0.39, 0.29) is 29.0 Å². The summed E-state index contributed by atoms with van der Waals surface area (Å²) in [6.45, 7) is 0.882. The van der Waals surface area contributed by atoms with Crippen LogP contribution in [0.4, 0.5) is 10.1 Å². The minimum atomic E-state index is -0.575. The number of hydrogen-bond donors (Lipinski definition) is 1. The number of methoxy groups -OCH3 is 1. The molecule has 26 heavy (non-hydrogen) atoms. The van der Waals surface area contributed by atoms with Gasteiger partial charge in [0, 0.05) is 24.3 Å². The van der Waals surface area contributed by atoms with Crippen LogP contribution in [0.2, 0.25) is 0 Å². The van der Waals surface area contributed by atoms with Crippen molar-refractivity contribution in [3.05, 3.63) is 59.9 Å². The summed E-state index contributed by atoms with van der Waals surface area (Å²) >= 11 is 0. The first-order valence-corrected chi connectivity index (χ1v) is 8.57. The normalized spacial score (nSPS) is 16.8. The number of rotatable bonds is 4. The Morgan fingerprint density at radius 3 is 2.65 bits per heavy atom. The Kier molecular flexibility index (Phi) is 5.51. The summed E-state index contributed by atoms with van der Waals surface area (Å²) in [6, 6.07) is 13.4. The number of nitrogens with one attached hydrogen (secondary N) is 1. The Hall–Kier alpha value is -2.89. The lowest BCUT2D eigenvalue weighted by Gasteiger charge is -2.32. The van der Waals surface area contributed by atoms with Gasteiger partial charge in [-0.3, -0.25) is 9.59 Å². The third-order valence-electron chi connectivity index (χ3n) is 4.52. The van der Waals surface area contributed by atoms with Crippen LogP contribution in [0, 0.1) is 11.7 Å². The van der Waals surface area contributed by atoms with Crippen molar-refractivity contribution in [2.75, 3.05) is 25.5 Å². The largest absolute Gasteiger partial charge is 0.494 e. The molecule has 2 aromatic carbocycles. The van der Waals surface area contributed by atoms with Crippen molar-refractivity contribution in [2.24, 2.45) is 5.92 Å². The lowest BCUT2D eigenvalue weighted by molar-refractivity contribution is -0.121. The van der Waals surface area contributed by atoms with Gasteiger partial charge in [0.2, 0.25) is 5.91 Å². The Labute approximate surface area is 151 Å². The fourth-order valence-electron chi connectivity index (χ4n) is 3.12. The molecule has 136 valence electrons. The number of benzene rings is 2. The highest BCUT2D eigenvalue weighted by atomic mass is 19.1. The summed E-state index contributed by atoms with van der Waals surface area (Å²) in [5.74, 6) is -1.14. The number of halogens is 1. The van der Waals surface area contributed by atoms with E-state index >= 15 is 0 Å². The molecule has 3 rings (SSSR count). The Bertz CT molecular complexity index is 795. The molecule has 1 fully saturated rings. The van der Waals surface area contributed by atoms with Gasteiger partial charge in [0.05, 0.1) is 13.0 Å². The number of amides is 2. The molecule has 2 amide bonds. The van der Waals surface area contributed by atoms with Crippen LogP contribution in [0.1, 0.15) is 23.2 Å². The Morgan fingerprint density at radius 1 is 1.19 bits per heavy atom. The maximum atomic E-state index is 13.9. The molecule has 0 radical (unpaired) electrons. The second-order valence-electron chi connectivity index (χ2n) is 6.29. The lowest BCUT2D eigenvalue weighted by atomic mass is 9.96. The molecule has 0 saturated carbocycles. The number of hydrogen-bond acceptors (Lipinski definition) is 3. The van der Waals surface area contributed by atoms with Crippen LogP contribution in [-0.2, 0) is 4.79 Å². The monoisotopic (exact) mass is 356 g/mol. The average molecular weight is 356 g/mol. The van der Waals surface area contributed by atoms with Crippen molar-refractivity contribution in [3.63, 3.8) is 0 Å². The fraction of sp³-hybridized carbons (Fsp3) is 0.300. The number of likely N-dealkylation sites (tertiary alicyclic amines) is 1. The zero-order chi connectivity index (χ0) is 18.5. The van der Waals surface area contributed by atoms with E-state index in [1.807, 2.05) is 30.3 Å². The minimum Gasteiger partial charge on any atom is -0.494 e. The van der Waals surface area contributed by atoms with Crippen molar-refractivity contribution in [2.45, 2.75) is 12.8 Å². The zero-order valence-electron chi connectivity index (χ0n) is 14.6. The van der Waals surface area contributed by atoms with E-state index in [0.717, 1.165) is 18.5 Å². The fourth-order valence-corrected chi connectivity index (χ4v) is 3.12. The molecular formula is C20H21FN2O3. The topological polar surface area (TPSA) is 58.6 Å². The van der Waals surface area contributed by atoms with Gasteiger partial charge in [0.15, 0.2) is 11.6 Å². The number of anilines is 1. The van der Waals surface area contributed by atoms with Gasteiger partial charge in [-0.1, -0.05) is 18.2 Å². The van der Waals surface area contributed by atoms with Gasteiger partial charge in [0.25, 0.3) is 5.91 Å². The van der Waals surface area contributed by atoms with Gasteiger partial charge < -0.3 is 15.0 Å². The van der Waals surface area contributed by atoms with Crippen molar-refractivity contribution in [1.29, 1.82) is 0 Å². The maximum absolute atomic E-state index is 13.9. The highest BCUT2D eigenvalue weighted by molar-refractivity contribution is 5.96. The van der Waals surface area contributed by atoms with Crippen LogP contribution < -0.4 is 10.1 Å². The van der Waals surface area contributed by atoms with Crippen molar-refractivity contribution in [3.8, 4) is 5.75 Å². The molecule has 1 heterocycles. The van der Waals surface area contributed by atoms with E-state index in [9.17, 15) is 14.0 Å². The molecule has 0 unspecified atom stereocenters. The van der Waals surface area contributed by atoms with Crippen LogP contribution in [0.15, 0.2) is 48.5 Å². The van der Waals surface area contributed by atoms with Crippen LogP contribution in [0.25, 0.3) is 0 Å².